The van der Waals surface area contributed by atoms with Crippen LogP contribution in [0.2, 0.25) is 0 Å². The quantitative estimate of drug-likeness (QED) is 0.781. The second-order valence-electron chi connectivity index (χ2n) is 5.61. The Kier molecular flexibility index (Phi) is 4.76. The third kappa shape index (κ3) is 3.71. The van der Waals surface area contributed by atoms with E-state index in [4.69, 9.17) is 4.74 Å². The molecule has 0 bridgehead atoms. The summed E-state index contributed by atoms with van der Waals surface area (Å²) in [5, 5.41) is -0.255. The third-order valence-electron chi connectivity index (χ3n) is 3.63. The lowest BCUT2D eigenvalue weighted by Crippen LogP contribution is -2.32. The summed E-state index contributed by atoms with van der Waals surface area (Å²) in [5.41, 5.74) is 2.05. The highest BCUT2D eigenvalue weighted by molar-refractivity contribution is 8.18. The minimum absolute atomic E-state index is 0.241. The molecular formula is C18H18N2O3S. The number of hydrogen-bond acceptors (Lipinski definition) is 4. The van der Waals surface area contributed by atoms with Crippen LogP contribution in [-0.2, 0) is 11.8 Å². The molecule has 6 heteroatoms. The van der Waals surface area contributed by atoms with Gasteiger partial charge in [-0.25, -0.2) is 0 Å². The van der Waals surface area contributed by atoms with Gasteiger partial charge in [-0.1, -0.05) is 17.7 Å². The van der Waals surface area contributed by atoms with E-state index in [9.17, 15) is 9.59 Å². The van der Waals surface area contributed by atoms with Crippen molar-refractivity contribution in [1.29, 1.82) is 0 Å². The molecule has 2 aromatic rings. The summed E-state index contributed by atoms with van der Waals surface area (Å²) in [6.45, 7) is 2.52. The first-order chi connectivity index (χ1) is 11.5. The Bertz CT molecular complexity index is 793. The highest BCUT2D eigenvalue weighted by atomic mass is 32.2. The average molecular weight is 342 g/mol. The van der Waals surface area contributed by atoms with Gasteiger partial charge in [-0.15, -0.1) is 0 Å². The number of carbonyl (C=O) groups excluding carboxylic acids is 2. The van der Waals surface area contributed by atoms with Crippen LogP contribution in [0.15, 0.2) is 47.6 Å². The Morgan fingerprint density at radius 1 is 1.17 bits per heavy atom. The van der Waals surface area contributed by atoms with Crippen molar-refractivity contribution in [1.82, 2.24) is 9.47 Å². The SMILES string of the molecule is Cc1ccc(OCCN2C(=O)S/C(=C/c3ccn(C)c3)C2=O)cc1. The highest BCUT2D eigenvalue weighted by Gasteiger charge is 2.34. The zero-order valence-electron chi connectivity index (χ0n) is 13.6. The van der Waals surface area contributed by atoms with Gasteiger partial charge in [0.25, 0.3) is 11.1 Å². The summed E-state index contributed by atoms with van der Waals surface area (Å²) in [5.74, 6) is 0.466. The molecule has 1 aromatic carbocycles. The number of carbonyl (C=O) groups is 2. The second-order valence-corrected chi connectivity index (χ2v) is 6.60. The fourth-order valence-electron chi connectivity index (χ4n) is 2.34. The molecule has 0 spiro atoms. The molecule has 0 radical (unpaired) electrons. The summed E-state index contributed by atoms with van der Waals surface area (Å²) < 4.78 is 7.49. The van der Waals surface area contributed by atoms with Crippen LogP contribution in [0.1, 0.15) is 11.1 Å². The number of nitrogens with zero attached hydrogens (tertiary/aromatic N) is 2. The topological polar surface area (TPSA) is 51.5 Å². The van der Waals surface area contributed by atoms with Crippen LogP contribution in [0.3, 0.4) is 0 Å². The largest absolute Gasteiger partial charge is 0.492 e. The van der Waals surface area contributed by atoms with E-state index in [2.05, 4.69) is 0 Å². The van der Waals surface area contributed by atoms with Crippen molar-refractivity contribution >= 4 is 29.0 Å². The zero-order chi connectivity index (χ0) is 17.1. The first kappa shape index (κ1) is 16.4. The molecule has 1 saturated heterocycles. The van der Waals surface area contributed by atoms with Gasteiger partial charge in [0.2, 0.25) is 0 Å². The summed E-state index contributed by atoms with van der Waals surface area (Å²) in [7, 11) is 1.91. The molecule has 0 N–H and O–H groups in total. The first-order valence-electron chi connectivity index (χ1n) is 7.60. The van der Waals surface area contributed by atoms with Gasteiger partial charge in [0.1, 0.15) is 12.4 Å². The van der Waals surface area contributed by atoms with E-state index in [0.29, 0.717) is 4.91 Å². The van der Waals surface area contributed by atoms with E-state index in [-0.39, 0.29) is 24.3 Å². The van der Waals surface area contributed by atoms with Crippen LogP contribution in [0.25, 0.3) is 6.08 Å². The van der Waals surface area contributed by atoms with Gasteiger partial charge in [-0.3, -0.25) is 14.5 Å². The molecule has 2 heterocycles. The van der Waals surface area contributed by atoms with Gasteiger partial charge >= 0.3 is 0 Å². The highest BCUT2D eigenvalue weighted by Crippen LogP contribution is 2.32. The molecule has 3 rings (SSSR count). The second kappa shape index (κ2) is 6.97. The number of amides is 2. The average Bonchev–Trinajstić information content (AvgIpc) is 3.07. The van der Waals surface area contributed by atoms with Crippen molar-refractivity contribution in [2.75, 3.05) is 13.2 Å². The van der Waals surface area contributed by atoms with Crippen LogP contribution in [0.5, 0.6) is 5.75 Å². The van der Waals surface area contributed by atoms with E-state index in [1.807, 2.05) is 61.3 Å². The lowest BCUT2D eigenvalue weighted by Gasteiger charge is -2.13. The minimum Gasteiger partial charge on any atom is -0.492 e. The normalized spacial score (nSPS) is 16.2. The van der Waals surface area contributed by atoms with E-state index in [1.54, 1.807) is 6.08 Å². The van der Waals surface area contributed by atoms with Crippen molar-refractivity contribution in [3.05, 3.63) is 58.8 Å². The van der Waals surface area contributed by atoms with Gasteiger partial charge in [-0.2, -0.15) is 0 Å². The van der Waals surface area contributed by atoms with Crippen molar-refractivity contribution in [3.8, 4) is 5.75 Å². The molecule has 1 aliphatic heterocycles. The number of thioether (sulfide) groups is 1. The van der Waals surface area contributed by atoms with Crippen LogP contribution < -0.4 is 4.74 Å². The molecule has 24 heavy (non-hydrogen) atoms. The molecule has 0 saturated carbocycles. The van der Waals surface area contributed by atoms with Crippen LogP contribution in [0.4, 0.5) is 4.79 Å². The molecular weight excluding hydrogens is 324 g/mol. The van der Waals surface area contributed by atoms with Gasteiger partial charge < -0.3 is 9.30 Å². The number of hydrogen-bond donors (Lipinski definition) is 0. The van der Waals surface area contributed by atoms with Gasteiger partial charge in [0.15, 0.2) is 0 Å². The lowest BCUT2D eigenvalue weighted by atomic mass is 10.2. The Hall–Kier alpha value is -2.47. The standard InChI is InChI=1S/C18H18N2O3S/c1-13-3-5-15(6-4-13)23-10-9-20-17(21)16(24-18(20)22)11-14-7-8-19(2)12-14/h3-8,11-12H,9-10H2,1-2H3/b16-11+. The van der Waals surface area contributed by atoms with E-state index >= 15 is 0 Å². The van der Waals surface area contributed by atoms with Crippen molar-refractivity contribution < 1.29 is 14.3 Å². The van der Waals surface area contributed by atoms with E-state index in [0.717, 1.165) is 28.6 Å². The summed E-state index contributed by atoms with van der Waals surface area (Å²) in [6, 6.07) is 9.56. The number of benzene rings is 1. The number of imide groups is 1. The summed E-state index contributed by atoms with van der Waals surface area (Å²) in [6.07, 6.45) is 5.53. The Morgan fingerprint density at radius 2 is 1.92 bits per heavy atom. The maximum absolute atomic E-state index is 12.4. The maximum Gasteiger partial charge on any atom is 0.293 e. The molecule has 124 valence electrons. The number of rotatable bonds is 5. The molecule has 1 fully saturated rings. The van der Waals surface area contributed by atoms with Gasteiger partial charge in [0, 0.05) is 19.4 Å². The molecule has 1 aromatic heterocycles. The van der Waals surface area contributed by atoms with Crippen LogP contribution >= 0.6 is 11.8 Å². The van der Waals surface area contributed by atoms with Crippen molar-refractivity contribution in [2.45, 2.75) is 6.92 Å². The van der Waals surface area contributed by atoms with E-state index < -0.39 is 0 Å². The molecule has 0 aliphatic carbocycles. The summed E-state index contributed by atoms with van der Waals surface area (Å²) >= 11 is 0.968. The predicted molar refractivity (Wildman–Crippen MR) is 94.8 cm³/mol. The monoisotopic (exact) mass is 342 g/mol. The first-order valence-corrected chi connectivity index (χ1v) is 8.41. The fraction of sp³-hybridized carbons (Fsp3) is 0.222. The number of aromatic nitrogens is 1. The molecule has 2 amide bonds. The van der Waals surface area contributed by atoms with Gasteiger partial charge in [0.05, 0.1) is 11.4 Å². The van der Waals surface area contributed by atoms with Gasteiger partial charge in [-0.05, 0) is 48.5 Å². The molecule has 5 nitrogen and oxygen atoms in total. The van der Waals surface area contributed by atoms with E-state index in [1.165, 1.54) is 4.90 Å². The molecule has 0 atom stereocenters. The van der Waals surface area contributed by atoms with Crippen molar-refractivity contribution in [2.24, 2.45) is 7.05 Å². The molecule has 0 unspecified atom stereocenters. The van der Waals surface area contributed by atoms with Crippen LogP contribution in [-0.4, -0.2) is 33.8 Å². The smallest absolute Gasteiger partial charge is 0.293 e. The minimum atomic E-state index is -0.263. The number of ether oxygens (including phenoxy) is 1. The fourth-order valence-corrected chi connectivity index (χ4v) is 3.21. The Morgan fingerprint density at radius 3 is 2.58 bits per heavy atom. The maximum atomic E-state index is 12.4. The van der Waals surface area contributed by atoms with Crippen molar-refractivity contribution in [3.63, 3.8) is 0 Å². The molecule has 1 aliphatic rings. The zero-order valence-corrected chi connectivity index (χ0v) is 14.4. The third-order valence-corrected chi connectivity index (χ3v) is 4.54. The Balaban J connectivity index is 1.60. The lowest BCUT2D eigenvalue weighted by molar-refractivity contribution is -0.123. The number of aryl methyl sites for hydroxylation is 2. The predicted octanol–water partition coefficient (Wildman–Crippen LogP) is 3.45. The summed E-state index contributed by atoms with van der Waals surface area (Å²) in [4.78, 5) is 26.1. The Labute approximate surface area is 144 Å². The van der Waals surface area contributed by atoms with Crippen LogP contribution in [0, 0.1) is 6.92 Å².